The second-order valence-corrected chi connectivity index (χ2v) is 4.36. The first-order valence-electron chi connectivity index (χ1n) is 5.43. The highest BCUT2D eigenvalue weighted by molar-refractivity contribution is 6.33. The molecule has 2 rings (SSSR count). The van der Waals surface area contributed by atoms with E-state index < -0.39 is 5.82 Å². The molecule has 4 heteroatoms. The van der Waals surface area contributed by atoms with Crippen molar-refractivity contribution in [1.29, 1.82) is 0 Å². The number of piperidine rings is 1. The summed E-state index contributed by atoms with van der Waals surface area (Å²) in [6.07, 6.45) is 3.10. The lowest BCUT2D eigenvalue weighted by Gasteiger charge is -2.27. The van der Waals surface area contributed by atoms with Gasteiger partial charge in [0, 0.05) is 13.1 Å². The highest BCUT2D eigenvalue weighted by Crippen LogP contribution is 2.22. The Hall–Kier alpha value is -1.09. The first-order valence-corrected chi connectivity index (χ1v) is 5.81. The maximum atomic E-state index is 13.5. The average Bonchev–Trinajstić information content (AvgIpc) is 2.30. The smallest absolute Gasteiger partial charge is 0.258 e. The standard InChI is InChI=1S/C12H13ClFNO/c13-9-5-4-6-10(14)11(9)12(16)15-7-2-1-3-8-15/h4-6H,1-3,7-8H2. The molecule has 1 saturated heterocycles. The number of carbonyl (C=O) groups is 1. The van der Waals surface area contributed by atoms with Gasteiger partial charge in [-0.1, -0.05) is 17.7 Å². The third-order valence-electron chi connectivity index (χ3n) is 2.82. The zero-order valence-corrected chi connectivity index (χ0v) is 9.63. The third kappa shape index (κ3) is 2.19. The summed E-state index contributed by atoms with van der Waals surface area (Å²) < 4.78 is 13.5. The van der Waals surface area contributed by atoms with Crippen LogP contribution in [-0.2, 0) is 0 Å². The predicted octanol–water partition coefficient (Wildman–Crippen LogP) is 3.11. The molecule has 0 unspecified atom stereocenters. The van der Waals surface area contributed by atoms with Crippen LogP contribution in [0.25, 0.3) is 0 Å². The molecule has 2 nitrogen and oxygen atoms in total. The van der Waals surface area contributed by atoms with Gasteiger partial charge in [0.1, 0.15) is 5.82 Å². The molecule has 0 aromatic heterocycles. The van der Waals surface area contributed by atoms with E-state index in [4.69, 9.17) is 11.6 Å². The van der Waals surface area contributed by atoms with E-state index in [9.17, 15) is 9.18 Å². The Kier molecular flexibility index (Phi) is 3.44. The van der Waals surface area contributed by atoms with Crippen molar-refractivity contribution < 1.29 is 9.18 Å². The normalized spacial score (nSPS) is 16.2. The molecule has 16 heavy (non-hydrogen) atoms. The van der Waals surface area contributed by atoms with E-state index in [2.05, 4.69) is 0 Å². The van der Waals surface area contributed by atoms with Crippen molar-refractivity contribution in [1.82, 2.24) is 4.90 Å². The molecule has 1 aromatic carbocycles. The molecule has 1 aliphatic heterocycles. The van der Waals surface area contributed by atoms with E-state index in [0.717, 1.165) is 19.3 Å². The van der Waals surface area contributed by atoms with Crippen LogP contribution in [0.4, 0.5) is 4.39 Å². The van der Waals surface area contributed by atoms with Crippen LogP contribution in [0, 0.1) is 5.82 Å². The van der Waals surface area contributed by atoms with Crippen molar-refractivity contribution in [3.05, 3.63) is 34.6 Å². The molecule has 0 N–H and O–H groups in total. The van der Waals surface area contributed by atoms with Crippen molar-refractivity contribution in [3.63, 3.8) is 0 Å². The number of likely N-dealkylation sites (tertiary alicyclic amines) is 1. The van der Waals surface area contributed by atoms with Crippen LogP contribution >= 0.6 is 11.6 Å². The second-order valence-electron chi connectivity index (χ2n) is 3.95. The Morgan fingerprint density at radius 3 is 2.56 bits per heavy atom. The van der Waals surface area contributed by atoms with Crippen molar-refractivity contribution in [3.8, 4) is 0 Å². The van der Waals surface area contributed by atoms with Crippen LogP contribution in [-0.4, -0.2) is 23.9 Å². The van der Waals surface area contributed by atoms with Crippen molar-refractivity contribution in [2.45, 2.75) is 19.3 Å². The topological polar surface area (TPSA) is 20.3 Å². The summed E-state index contributed by atoms with van der Waals surface area (Å²) in [5, 5.41) is 0.190. The fraction of sp³-hybridized carbons (Fsp3) is 0.417. The highest BCUT2D eigenvalue weighted by atomic mass is 35.5. The zero-order valence-electron chi connectivity index (χ0n) is 8.88. The van der Waals surface area contributed by atoms with Gasteiger partial charge in [-0.3, -0.25) is 4.79 Å². The lowest BCUT2D eigenvalue weighted by atomic mass is 10.1. The largest absolute Gasteiger partial charge is 0.339 e. The summed E-state index contributed by atoms with van der Waals surface area (Å²) in [5.41, 5.74) is 0.00562. The quantitative estimate of drug-likeness (QED) is 0.740. The van der Waals surface area contributed by atoms with E-state index in [1.807, 2.05) is 0 Å². The monoisotopic (exact) mass is 241 g/mol. The van der Waals surface area contributed by atoms with Gasteiger partial charge in [0.25, 0.3) is 5.91 Å². The van der Waals surface area contributed by atoms with Crippen LogP contribution in [0.1, 0.15) is 29.6 Å². The number of benzene rings is 1. The molecule has 1 aromatic rings. The molecule has 0 aliphatic carbocycles. The fourth-order valence-electron chi connectivity index (χ4n) is 1.96. The van der Waals surface area contributed by atoms with Gasteiger partial charge in [0.2, 0.25) is 0 Å². The number of hydrogen-bond acceptors (Lipinski definition) is 1. The number of nitrogens with zero attached hydrogens (tertiary/aromatic N) is 1. The predicted molar refractivity (Wildman–Crippen MR) is 61.2 cm³/mol. The first kappa shape index (κ1) is 11.4. The molecular formula is C12H13ClFNO. The van der Waals surface area contributed by atoms with Crippen LogP contribution in [0.15, 0.2) is 18.2 Å². The second kappa shape index (κ2) is 4.83. The molecule has 86 valence electrons. The van der Waals surface area contributed by atoms with Gasteiger partial charge in [-0.15, -0.1) is 0 Å². The summed E-state index contributed by atoms with van der Waals surface area (Å²) in [4.78, 5) is 13.7. The SMILES string of the molecule is O=C(c1c(F)cccc1Cl)N1CCCCC1. The van der Waals surface area contributed by atoms with E-state index in [0.29, 0.717) is 13.1 Å². The number of halogens is 2. The van der Waals surface area contributed by atoms with Gasteiger partial charge >= 0.3 is 0 Å². The van der Waals surface area contributed by atoms with Gasteiger partial charge in [-0.05, 0) is 31.4 Å². The Morgan fingerprint density at radius 1 is 1.25 bits per heavy atom. The lowest BCUT2D eigenvalue weighted by Crippen LogP contribution is -2.36. The van der Waals surface area contributed by atoms with Gasteiger partial charge in [-0.2, -0.15) is 0 Å². The van der Waals surface area contributed by atoms with E-state index in [1.54, 1.807) is 11.0 Å². The number of amides is 1. The Bertz CT molecular complexity index is 382. The average molecular weight is 242 g/mol. The van der Waals surface area contributed by atoms with Crippen LogP contribution in [0.2, 0.25) is 5.02 Å². The van der Waals surface area contributed by atoms with E-state index >= 15 is 0 Å². The Labute approximate surface area is 99.0 Å². The first-order chi connectivity index (χ1) is 7.70. The number of hydrogen-bond donors (Lipinski definition) is 0. The van der Waals surface area contributed by atoms with Crippen molar-refractivity contribution in [2.24, 2.45) is 0 Å². The molecule has 0 atom stereocenters. The molecule has 1 amide bonds. The number of carbonyl (C=O) groups excluding carboxylic acids is 1. The molecule has 1 heterocycles. The molecule has 0 radical (unpaired) electrons. The summed E-state index contributed by atoms with van der Waals surface area (Å²) in [5.74, 6) is -0.828. The highest BCUT2D eigenvalue weighted by Gasteiger charge is 2.23. The molecule has 1 aliphatic rings. The fourth-order valence-corrected chi connectivity index (χ4v) is 2.20. The molecule has 0 spiro atoms. The minimum atomic E-state index is -0.539. The minimum absolute atomic E-state index is 0.00562. The molecular weight excluding hydrogens is 229 g/mol. The number of rotatable bonds is 1. The Balaban J connectivity index is 2.26. The van der Waals surface area contributed by atoms with Gasteiger partial charge in [-0.25, -0.2) is 4.39 Å². The molecule has 0 saturated carbocycles. The zero-order chi connectivity index (χ0) is 11.5. The van der Waals surface area contributed by atoms with Gasteiger partial charge < -0.3 is 4.90 Å². The van der Waals surface area contributed by atoms with Gasteiger partial charge in [0.05, 0.1) is 10.6 Å². The van der Waals surface area contributed by atoms with Crippen molar-refractivity contribution in [2.75, 3.05) is 13.1 Å². The summed E-state index contributed by atoms with van der Waals surface area (Å²) in [7, 11) is 0. The Morgan fingerprint density at radius 2 is 1.94 bits per heavy atom. The maximum absolute atomic E-state index is 13.5. The maximum Gasteiger partial charge on any atom is 0.258 e. The lowest BCUT2D eigenvalue weighted by molar-refractivity contribution is 0.0720. The van der Waals surface area contributed by atoms with Crippen LogP contribution < -0.4 is 0 Å². The molecule has 1 fully saturated rings. The van der Waals surface area contributed by atoms with Crippen LogP contribution in [0.3, 0.4) is 0 Å². The summed E-state index contributed by atoms with van der Waals surface area (Å²) >= 11 is 5.86. The molecule has 0 bridgehead atoms. The summed E-state index contributed by atoms with van der Waals surface area (Å²) in [6.45, 7) is 1.40. The van der Waals surface area contributed by atoms with E-state index in [1.165, 1.54) is 12.1 Å². The minimum Gasteiger partial charge on any atom is -0.339 e. The summed E-state index contributed by atoms with van der Waals surface area (Å²) in [6, 6.07) is 4.32. The third-order valence-corrected chi connectivity index (χ3v) is 3.13. The van der Waals surface area contributed by atoms with E-state index in [-0.39, 0.29) is 16.5 Å². The van der Waals surface area contributed by atoms with Gasteiger partial charge in [0.15, 0.2) is 0 Å². The van der Waals surface area contributed by atoms with Crippen LogP contribution in [0.5, 0.6) is 0 Å². The van der Waals surface area contributed by atoms with Crippen molar-refractivity contribution >= 4 is 17.5 Å².